The lowest BCUT2D eigenvalue weighted by Gasteiger charge is -2.34. The Bertz CT molecular complexity index is 921. The molecule has 23 heavy (non-hydrogen) atoms. The molecule has 1 aliphatic heterocycles. The van der Waals surface area contributed by atoms with Crippen LogP contribution in [0.5, 0.6) is 0 Å². The molecule has 3 aromatic rings. The molecule has 0 atom stereocenters. The van der Waals surface area contributed by atoms with Gasteiger partial charge in [0.2, 0.25) is 0 Å². The van der Waals surface area contributed by atoms with Gasteiger partial charge in [0.25, 0.3) is 0 Å². The van der Waals surface area contributed by atoms with E-state index in [-0.39, 0.29) is 5.69 Å². The minimum atomic E-state index is -0.675. The Kier molecular flexibility index (Phi) is 3.31. The van der Waals surface area contributed by atoms with Crippen LogP contribution in [0.1, 0.15) is 11.1 Å². The molecule has 0 aliphatic carbocycles. The Morgan fingerprint density at radius 2 is 1.96 bits per heavy atom. The molecule has 4 rings (SSSR count). The highest BCUT2D eigenvalue weighted by Gasteiger charge is 2.26. The molecule has 1 fully saturated rings. The molecule has 0 spiro atoms. The maximum Gasteiger partial charge on any atom is 0.323 e. The minimum Gasteiger partial charge on any atom is -0.306 e. The van der Waals surface area contributed by atoms with Gasteiger partial charge < -0.3 is 9.97 Å². The van der Waals surface area contributed by atoms with Crippen molar-refractivity contribution in [3.63, 3.8) is 0 Å². The number of imidazole rings is 1. The third-order valence-corrected chi connectivity index (χ3v) is 4.58. The van der Waals surface area contributed by atoms with E-state index in [2.05, 4.69) is 33.9 Å². The van der Waals surface area contributed by atoms with Gasteiger partial charge in [-0.1, -0.05) is 24.3 Å². The summed E-state index contributed by atoms with van der Waals surface area (Å²) in [7, 11) is 0. The summed E-state index contributed by atoms with van der Waals surface area (Å²) < 4.78 is 13.0. The zero-order chi connectivity index (χ0) is 16.0. The molecule has 118 valence electrons. The van der Waals surface area contributed by atoms with E-state index in [1.165, 1.54) is 11.1 Å². The summed E-state index contributed by atoms with van der Waals surface area (Å²) in [4.78, 5) is 19.1. The molecular formula is C18H18FN3O. The monoisotopic (exact) mass is 311 g/mol. The summed E-state index contributed by atoms with van der Waals surface area (Å²) in [6.45, 7) is 3.94. The summed E-state index contributed by atoms with van der Waals surface area (Å²) in [5.74, 6) is 0. The zero-order valence-electron chi connectivity index (χ0n) is 12.9. The Morgan fingerprint density at radius 3 is 2.74 bits per heavy atom. The molecular weight excluding hydrogens is 293 g/mol. The number of fused-ring (bicyclic) bond motifs is 1. The van der Waals surface area contributed by atoms with Crippen molar-refractivity contribution in [1.82, 2.24) is 14.9 Å². The van der Waals surface area contributed by atoms with Crippen molar-refractivity contribution >= 4 is 11.0 Å². The third kappa shape index (κ3) is 2.57. The lowest BCUT2D eigenvalue weighted by atomic mass is 9.95. The van der Waals surface area contributed by atoms with Crippen molar-refractivity contribution in [2.24, 2.45) is 0 Å². The Hall–Kier alpha value is -2.40. The van der Waals surface area contributed by atoms with Crippen LogP contribution in [0.4, 0.5) is 4.39 Å². The Balaban J connectivity index is 1.70. The number of benzene rings is 2. The Morgan fingerprint density at radius 1 is 1.17 bits per heavy atom. The molecule has 4 nitrogen and oxygen atoms in total. The average molecular weight is 311 g/mol. The smallest absolute Gasteiger partial charge is 0.306 e. The molecule has 0 radical (unpaired) electrons. The van der Waals surface area contributed by atoms with Crippen LogP contribution < -0.4 is 5.69 Å². The summed E-state index contributed by atoms with van der Waals surface area (Å²) in [6, 6.07) is 12.1. The second-order valence-electron chi connectivity index (χ2n) is 6.22. The number of hydrogen-bond donors (Lipinski definition) is 2. The number of rotatable bonds is 3. The maximum absolute atomic E-state index is 13.0. The normalized spacial score (nSPS) is 15.9. The first-order valence-electron chi connectivity index (χ1n) is 7.77. The summed E-state index contributed by atoms with van der Waals surface area (Å²) in [6.07, 6.45) is -0.675. The fourth-order valence-corrected chi connectivity index (χ4v) is 3.24. The highest BCUT2D eigenvalue weighted by Crippen LogP contribution is 2.29. The van der Waals surface area contributed by atoms with E-state index >= 15 is 0 Å². The van der Waals surface area contributed by atoms with Crippen LogP contribution >= 0.6 is 0 Å². The number of aromatic amines is 2. The van der Waals surface area contributed by atoms with E-state index < -0.39 is 6.17 Å². The number of nitrogens with zero attached hydrogens (tertiary/aromatic N) is 1. The van der Waals surface area contributed by atoms with Crippen LogP contribution in [0, 0.1) is 6.92 Å². The van der Waals surface area contributed by atoms with E-state index in [1.54, 1.807) is 0 Å². The van der Waals surface area contributed by atoms with Crippen LogP contribution in [0.25, 0.3) is 22.2 Å². The van der Waals surface area contributed by atoms with Crippen LogP contribution in [0.15, 0.2) is 41.2 Å². The fourth-order valence-electron chi connectivity index (χ4n) is 3.24. The van der Waals surface area contributed by atoms with Gasteiger partial charge in [0, 0.05) is 19.6 Å². The molecule has 5 heteroatoms. The molecule has 1 saturated heterocycles. The van der Waals surface area contributed by atoms with E-state index in [0.29, 0.717) is 13.1 Å². The third-order valence-electron chi connectivity index (χ3n) is 4.58. The number of H-pyrrole nitrogens is 2. The Labute approximate surface area is 133 Å². The van der Waals surface area contributed by atoms with Crippen molar-refractivity contribution < 1.29 is 4.39 Å². The number of alkyl halides is 1. The van der Waals surface area contributed by atoms with Crippen molar-refractivity contribution in [3.8, 4) is 11.1 Å². The van der Waals surface area contributed by atoms with Crippen LogP contribution in [-0.2, 0) is 6.54 Å². The second kappa shape index (κ2) is 5.35. The first-order chi connectivity index (χ1) is 11.1. The number of hydrogen-bond acceptors (Lipinski definition) is 2. The molecule has 0 bridgehead atoms. The van der Waals surface area contributed by atoms with Crippen LogP contribution in [0.3, 0.4) is 0 Å². The molecule has 0 amide bonds. The van der Waals surface area contributed by atoms with Crippen molar-refractivity contribution in [3.05, 3.63) is 58.0 Å². The molecule has 2 heterocycles. The maximum atomic E-state index is 13.0. The van der Waals surface area contributed by atoms with Gasteiger partial charge in [0.05, 0.1) is 11.0 Å². The predicted octanol–water partition coefficient (Wildman–Crippen LogP) is 2.99. The molecule has 2 N–H and O–H groups in total. The number of aromatic nitrogens is 2. The second-order valence-corrected chi connectivity index (χ2v) is 6.22. The summed E-state index contributed by atoms with van der Waals surface area (Å²) in [5.41, 5.74) is 6.05. The van der Waals surface area contributed by atoms with Gasteiger partial charge in [-0.15, -0.1) is 0 Å². The largest absolute Gasteiger partial charge is 0.323 e. The van der Waals surface area contributed by atoms with Gasteiger partial charge in [0.1, 0.15) is 6.17 Å². The van der Waals surface area contributed by atoms with Crippen molar-refractivity contribution in [1.29, 1.82) is 0 Å². The topological polar surface area (TPSA) is 51.9 Å². The SMILES string of the molecule is Cc1c(CN2CC(F)C2)cccc1-c1ccc2[nH]c(=O)[nH]c2c1. The summed E-state index contributed by atoms with van der Waals surface area (Å²) in [5, 5.41) is 0. The van der Waals surface area contributed by atoms with Crippen LogP contribution in [-0.4, -0.2) is 34.1 Å². The van der Waals surface area contributed by atoms with E-state index in [4.69, 9.17) is 0 Å². The van der Waals surface area contributed by atoms with Crippen molar-refractivity contribution in [2.45, 2.75) is 19.6 Å². The highest BCUT2D eigenvalue weighted by molar-refractivity contribution is 5.82. The zero-order valence-corrected chi connectivity index (χ0v) is 12.9. The highest BCUT2D eigenvalue weighted by atomic mass is 19.1. The van der Waals surface area contributed by atoms with Crippen molar-refractivity contribution in [2.75, 3.05) is 13.1 Å². The van der Waals surface area contributed by atoms with Gasteiger partial charge in [0.15, 0.2) is 0 Å². The standard InChI is InChI=1S/C18H18FN3O/c1-11-13(8-22-9-14(19)10-22)3-2-4-15(11)12-5-6-16-17(7-12)21-18(23)20-16/h2-7,14H,8-10H2,1H3,(H2,20,21,23). The van der Waals surface area contributed by atoms with Crippen LogP contribution in [0.2, 0.25) is 0 Å². The van der Waals surface area contributed by atoms with E-state index in [0.717, 1.165) is 28.7 Å². The van der Waals surface area contributed by atoms with Gasteiger partial charge >= 0.3 is 5.69 Å². The first kappa shape index (κ1) is 14.2. The van der Waals surface area contributed by atoms with Gasteiger partial charge in [-0.3, -0.25) is 4.90 Å². The average Bonchev–Trinajstić information content (AvgIpc) is 2.86. The lowest BCUT2D eigenvalue weighted by molar-refractivity contribution is 0.0590. The van der Waals surface area contributed by atoms with E-state index in [9.17, 15) is 9.18 Å². The lowest BCUT2D eigenvalue weighted by Crippen LogP contribution is -2.47. The van der Waals surface area contributed by atoms with Gasteiger partial charge in [-0.05, 0) is 41.3 Å². The fraction of sp³-hybridized carbons (Fsp3) is 0.278. The molecule has 0 unspecified atom stereocenters. The molecule has 1 aliphatic rings. The molecule has 1 aromatic heterocycles. The predicted molar refractivity (Wildman–Crippen MR) is 89.3 cm³/mol. The number of halogens is 1. The summed E-state index contributed by atoms with van der Waals surface area (Å²) >= 11 is 0. The number of nitrogens with one attached hydrogen (secondary N) is 2. The minimum absolute atomic E-state index is 0.193. The molecule has 2 aromatic carbocycles. The quantitative estimate of drug-likeness (QED) is 0.781. The van der Waals surface area contributed by atoms with Gasteiger partial charge in [-0.2, -0.15) is 0 Å². The van der Waals surface area contributed by atoms with Gasteiger partial charge in [-0.25, -0.2) is 9.18 Å². The number of likely N-dealkylation sites (tertiary alicyclic amines) is 1. The van der Waals surface area contributed by atoms with E-state index in [1.807, 2.05) is 24.3 Å². The first-order valence-corrected chi connectivity index (χ1v) is 7.77. The molecule has 0 saturated carbocycles.